The fourth-order valence-corrected chi connectivity index (χ4v) is 3.12. The molecular weight excluding hydrogens is 284 g/mol. The lowest BCUT2D eigenvalue weighted by molar-refractivity contribution is 0.402. The second-order valence-electron chi connectivity index (χ2n) is 4.52. The van der Waals surface area contributed by atoms with Crippen molar-refractivity contribution in [1.29, 1.82) is 0 Å². The van der Waals surface area contributed by atoms with Crippen LogP contribution in [0.1, 0.15) is 19.4 Å². The van der Waals surface area contributed by atoms with Crippen molar-refractivity contribution >= 4 is 33.0 Å². The Morgan fingerprint density at radius 1 is 1.32 bits per heavy atom. The number of hydrogen-bond acceptors (Lipinski definition) is 5. The quantitative estimate of drug-likeness (QED) is 0.905. The van der Waals surface area contributed by atoms with E-state index >= 15 is 0 Å². The Morgan fingerprint density at radius 2 is 2.00 bits per heavy atom. The van der Waals surface area contributed by atoms with Gasteiger partial charge in [-0.1, -0.05) is 6.07 Å². The zero-order chi connectivity index (χ0) is 14.0. The van der Waals surface area contributed by atoms with Crippen LogP contribution in [0.15, 0.2) is 18.2 Å². The van der Waals surface area contributed by atoms with Crippen molar-refractivity contribution in [3.8, 4) is 0 Å². The lowest BCUT2D eigenvalue weighted by Gasteiger charge is -2.21. The summed E-state index contributed by atoms with van der Waals surface area (Å²) in [6, 6.07) is 5.45. The molecule has 104 valence electrons. The molecule has 2 rings (SSSR count). The summed E-state index contributed by atoms with van der Waals surface area (Å²) >= 11 is 1.15. The topological polar surface area (TPSA) is 75.2 Å². The molecule has 19 heavy (non-hydrogen) atoms. The van der Waals surface area contributed by atoms with Crippen molar-refractivity contribution in [2.24, 2.45) is 0 Å². The number of nitrogens with one attached hydrogen (secondary N) is 1. The van der Waals surface area contributed by atoms with E-state index in [-0.39, 0.29) is 12.6 Å². The highest BCUT2D eigenvalue weighted by Crippen LogP contribution is 2.13. The number of benzene rings is 1. The van der Waals surface area contributed by atoms with E-state index in [1.54, 1.807) is 7.05 Å². The maximum atomic E-state index is 11.9. The molecule has 2 aromatic rings. The van der Waals surface area contributed by atoms with E-state index in [1.807, 2.05) is 32.0 Å². The normalized spacial score (nSPS) is 12.7. The maximum Gasteiger partial charge on any atom is 0.279 e. The summed E-state index contributed by atoms with van der Waals surface area (Å²) in [5.74, 6) is 0. The molecule has 1 N–H and O–H groups in total. The molecule has 1 heterocycles. The van der Waals surface area contributed by atoms with Crippen molar-refractivity contribution in [3.05, 3.63) is 23.8 Å². The molecule has 6 nitrogen and oxygen atoms in total. The summed E-state index contributed by atoms with van der Waals surface area (Å²) in [6.45, 7) is 3.89. The molecule has 0 radical (unpaired) electrons. The Labute approximate surface area is 117 Å². The Hall–Kier alpha value is -1.09. The van der Waals surface area contributed by atoms with Gasteiger partial charge in [0, 0.05) is 19.6 Å². The molecule has 0 amide bonds. The SMILES string of the molecule is CC(C)N(C)S(=O)(=O)NCc1ccc2nsnc2c1. The molecule has 0 aliphatic carbocycles. The highest BCUT2D eigenvalue weighted by Gasteiger charge is 2.19. The van der Waals surface area contributed by atoms with Gasteiger partial charge in [0.1, 0.15) is 11.0 Å². The molecule has 0 spiro atoms. The van der Waals surface area contributed by atoms with Gasteiger partial charge in [-0.25, -0.2) is 0 Å². The summed E-state index contributed by atoms with van der Waals surface area (Å²) in [5.41, 5.74) is 2.48. The van der Waals surface area contributed by atoms with E-state index in [0.717, 1.165) is 28.3 Å². The third kappa shape index (κ3) is 3.27. The van der Waals surface area contributed by atoms with Gasteiger partial charge in [-0.15, -0.1) is 0 Å². The lowest BCUT2D eigenvalue weighted by atomic mass is 10.2. The molecule has 0 aliphatic heterocycles. The van der Waals surface area contributed by atoms with Crippen molar-refractivity contribution in [3.63, 3.8) is 0 Å². The van der Waals surface area contributed by atoms with E-state index in [1.165, 1.54) is 4.31 Å². The molecule has 8 heteroatoms. The number of hydrogen-bond donors (Lipinski definition) is 1. The van der Waals surface area contributed by atoms with E-state index in [4.69, 9.17) is 0 Å². The zero-order valence-corrected chi connectivity index (χ0v) is 12.6. The molecule has 0 atom stereocenters. The Balaban J connectivity index is 2.09. The summed E-state index contributed by atoms with van der Waals surface area (Å²) in [6.07, 6.45) is 0. The molecule has 0 bridgehead atoms. The third-order valence-electron chi connectivity index (χ3n) is 2.88. The second kappa shape index (κ2) is 5.49. The molecule has 0 saturated heterocycles. The lowest BCUT2D eigenvalue weighted by Crippen LogP contribution is -2.41. The predicted molar refractivity (Wildman–Crippen MR) is 76.1 cm³/mol. The minimum Gasteiger partial charge on any atom is -0.198 e. The van der Waals surface area contributed by atoms with Crippen LogP contribution in [-0.4, -0.2) is 34.6 Å². The first-order valence-corrected chi connectivity index (χ1v) is 8.01. The average molecular weight is 300 g/mol. The van der Waals surface area contributed by atoms with Crippen LogP contribution < -0.4 is 4.72 Å². The monoisotopic (exact) mass is 300 g/mol. The van der Waals surface area contributed by atoms with Gasteiger partial charge in [0.25, 0.3) is 10.2 Å². The third-order valence-corrected chi connectivity index (χ3v) is 5.13. The fraction of sp³-hybridized carbons (Fsp3) is 0.455. The fourth-order valence-electron chi connectivity index (χ4n) is 1.49. The van der Waals surface area contributed by atoms with Gasteiger partial charge >= 0.3 is 0 Å². The van der Waals surface area contributed by atoms with Gasteiger partial charge in [-0.3, -0.25) is 0 Å². The minimum absolute atomic E-state index is 0.0808. The van der Waals surface area contributed by atoms with E-state index < -0.39 is 10.2 Å². The van der Waals surface area contributed by atoms with E-state index in [9.17, 15) is 8.42 Å². The molecule has 0 saturated carbocycles. The van der Waals surface area contributed by atoms with Crippen molar-refractivity contribution in [2.75, 3.05) is 7.05 Å². The first-order chi connectivity index (χ1) is 8.90. The molecular formula is C11H16N4O2S2. The van der Waals surface area contributed by atoms with Gasteiger partial charge < -0.3 is 0 Å². The number of rotatable bonds is 5. The molecule has 1 aromatic heterocycles. The van der Waals surface area contributed by atoms with Crippen molar-refractivity contribution in [2.45, 2.75) is 26.4 Å². The predicted octanol–water partition coefficient (Wildman–Crippen LogP) is 1.37. The van der Waals surface area contributed by atoms with Crippen LogP contribution in [-0.2, 0) is 16.8 Å². The Kier molecular flexibility index (Phi) is 4.14. The first-order valence-electron chi connectivity index (χ1n) is 5.84. The van der Waals surface area contributed by atoms with Crippen LogP contribution in [0.25, 0.3) is 11.0 Å². The maximum absolute atomic E-state index is 11.9. The van der Waals surface area contributed by atoms with Crippen LogP contribution in [0.3, 0.4) is 0 Å². The standard InChI is InChI=1S/C11H16N4O2S2/c1-8(2)15(3)19(16,17)12-7-9-4-5-10-11(6-9)14-18-13-10/h4-6,8,12H,7H2,1-3H3. The van der Waals surface area contributed by atoms with Gasteiger partial charge in [-0.05, 0) is 31.5 Å². The zero-order valence-electron chi connectivity index (χ0n) is 11.0. The highest BCUT2D eigenvalue weighted by molar-refractivity contribution is 7.87. The molecule has 0 unspecified atom stereocenters. The number of nitrogens with zero attached hydrogens (tertiary/aromatic N) is 3. The first kappa shape index (κ1) is 14.3. The van der Waals surface area contributed by atoms with E-state index in [0.29, 0.717) is 0 Å². The van der Waals surface area contributed by atoms with Gasteiger partial charge in [0.2, 0.25) is 0 Å². The molecule has 0 fully saturated rings. The van der Waals surface area contributed by atoms with Crippen LogP contribution in [0.2, 0.25) is 0 Å². The summed E-state index contributed by atoms with van der Waals surface area (Å²) < 4.78 is 36.0. The second-order valence-corrected chi connectivity index (χ2v) is 6.87. The van der Waals surface area contributed by atoms with Crippen LogP contribution >= 0.6 is 11.7 Å². The van der Waals surface area contributed by atoms with Gasteiger partial charge in [-0.2, -0.15) is 26.2 Å². The highest BCUT2D eigenvalue weighted by atomic mass is 32.2. The Morgan fingerprint density at radius 3 is 2.68 bits per heavy atom. The summed E-state index contributed by atoms with van der Waals surface area (Å²) in [4.78, 5) is 0. The van der Waals surface area contributed by atoms with Gasteiger partial charge in [0.05, 0.1) is 11.7 Å². The van der Waals surface area contributed by atoms with Gasteiger partial charge in [0.15, 0.2) is 0 Å². The largest absolute Gasteiger partial charge is 0.279 e. The number of fused-ring (bicyclic) bond motifs is 1. The van der Waals surface area contributed by atoms with E-state index in [2.05, 4.69) is 13.5 Å². The smallest absolute Gasteiger partial charge is 0.198 e. The summed E-state index contributed by atoms with van der Waals surface area (Å²) in [7, 11) is -1.89. The number of aromatic nitrogens is 2. The summed E-state index contributed by atoms with van der Waals surface area (Å²) in [5, 5.41) is 0. The van der Waals surface area contributed by atoms with Crippen LogP contribution in [0.4, 0.5) is 0 Å². The van der Waals surface area contributed by atoms with Crippen LogP contribution in [0.5, 0.6) is 0 Å². The molecule has 0 aliphatic rings. The van der Waals surface area contributed by atoms with Crippen molar-refractivity contribution in [1.82, 2.24) is 17.8 Å². The molecule has 1 aromatic carbocycles. The van der Waals surface area contributed by atoms with Crippen LogP contribution in [0, 0.1) is 0 Å². The minimum atomic E-state index is -3.45. The van der Waals surface area contributed by atoms with Crippen molar-refractivity contribution < 1.29 is 8.42 Å². The average Bonchev–Trinajstić information content (AvgIpc) is 2.82. The Bertz CT molecular complexity index is 666.